The molecule has 2 aromatic rings. The molecule has 7 heteroatoms. The monoisotopic (exact) mass is 512 g/mol. The fourth-order valence-electron chi connectivity index (χ4n) is 7.59. The van der Waals surface area contributed by atoms with Crippen LogP contribution in [0.3, 0.4) is 0 Å². The van der Waals surface area contributed by atoms with Crippen molar-refractivity contribution in [3.05, 3.63) is 71.3 Å². The fraction of sp³-hybridized carbons (Fsp3) is 0.419. The van der Waals surface area contributed by atoms with Crippen molar-refractivity contribution in [1.82, 2.24) is 4.90 Å². The van der Waals surface area contributed by atoms with E-state index >= 15 is 0 Å². The summed E-state index contributed by atoms with van der Waals surface area (Å²) < 4.78 is 0. The van der Waals surface area contributed by atoms with E-state index in [0.717, 1.165) is 11.1 Å². The summed E-state index contributed by atoms with van der Waals surface area (Å²) in [6.45, 7) is 6.03. The highest BCUT2D eigenvalue weighted by Crippen LogP contribution is 2.63. The number of hydrogen-bond acceptors (Lipinski definition) is 5. The SMILES string of the molecule is CCCN1C(=O)C2CC=C3C(CC4C(=O)N(c5ccccc5)C(=O)C4(C)C3c3ccc(O)c(C)c3)C2C1=O. The van der Waals surface area contributed by atoms with Gasteiger partial charge in [0, 0.05) is 12.5 Å². The van der Waals surface area contributed by atoms with Crippen LogP contribution in [0.1, 0.15) is 50.2 Å². The number of carbonyl (C=O) groups excluding carboxylic acids is 4. The molecule has 38 heavy (non-hydrogen) atoms. The number of anilines is 1. The normalized spacial score (nSPS) is 32.3. The third kappa shape index (κ3) is 3.20. The summed E-state index contributed by atoms with van der Waals surface area (Å²) in [7, 11) is 0. The molecule has 7 nitrogen and oxygen atoms in total. The van der Waals surface area contributed by atoms with E-state index < -0.39 is 29.1 Å². The van der Waals surface area contributed by atoms with Gasteiger partial charge in [-0.1, -0.05) is 48.9 Å². The highest BCUT2D eigenvalue weighted by molar-refractivity contribution is 6.24. The summed E-state index contributed by atoms with van der Waals surface area (Å²) in [5, 5.41) is 10.2. The van der Waals surface area contributed by atoms with Gasteiger partial charge in [0.2, 0.25) is 23.6 Å². The topological polar surface area (TPSA) is 95.0 Å². The molecule has 6 unspecified atom stereocenters. The van der Waals surface area contributed by atoms with Gasteiger partial charge in [-0.25, -0.2) is 4.90 Å². The van der Waals surface area contributed by atoms with Crippen molar-refractivity contribution < 1.29 is 24.3 Å². The highest BCUT2D eigenvalue weighted by atomic mass is 16.3. The standard InChI is InChI=1S/C31H32N2O5/c1-4-14-32-27(35)21-12-11-20-22(25(21)29(32)37)16-23-28(36)33(19-8-6-5-7-9-19)30(38)31(23,3)26(20)18-10-13-24(34)17(2)15-18/h5-11,13,15,21-23,25-26,34H,4,12,14,16H2,1-3H3. The number of nitrogens with zero attached hydrogens (tertiary/aromatic N) is 2. The molecule has 2 aliphatic heterocycles. The minimum atomic E-state index is -1.07. The number of carbonyl (C=O) groups is 4. The molecule has 0 aromatic heterocycles. The van der Waals surface area contributed by atoms with Gasteiger partial charge in [-0.3, -0.25) is 24.1 Å². The number of para-hydroxylation sites is 1. The Morgan fingerprint density at radius 3 is 2.39 bits per heavy atom. The molecule has 4 amide bonds. The van der Waals surface area contributed by atoms with Crippen LogP contribution in [0.15, 0.2) is 60.2 Å². The minimum absolute atomic E-state index is 0.123. The van der Waals surface area contributed by atoms with Crippen molar-refractivity contribution in [3.63, 3.8) is 0 Å². The summed E-state index contributed by atoms with van der Waals surface area (Å²) in [5.74, 6) is -2.98. The van der Waals surface area contributed by atoms with Gasteiger partial charge in [-0.15, -0.1) is 0 Å². The van der Waals surface area contributed by atoms with Crippen LogP contribution in [0.4, 0.5) is 5.69 Å². The van der Waals surface area contributed by atoms with Crippen LogP contribution >= 0.6 is 0 Å². The highest BCUT2D eigenvalue weighted by Gasteiger charge is 2.67. The molecule has 1 N–H and O–H groups in total. The second-order valence-electron chi connectivity index (χ2n) is 11.4. The Morgan fingerprint density at radius 1 is 0.974 bits per heavy atom. The number of aryl methyl sites for hydroxylation is 1. The van der Waals surface area contributed by atoms with Crippen LogP contribution in [-0.2, 0) is 19.2 Å². The van der Waals surface area contributed by atoms with Crippen LogP contribution in [0.5, 0.6) is 5.75 Å². The predicted molar refractivity (Wildman–Crippen MR) is 141 cm³/mol. The van der Waals surface area contributed by atoms with Crippen molar-refractivity contribution in [3.8, 4) is 5.75 Å². The molecule has 1 saturated carbocycles. The average Bonchev–Trinajstić information content (AvgIpc) is 3.26. The van der Waals surface area contributed by atoms with E-state index in [9.17, 15) is 24.3 Å². The maximum absolute atomic E-state index is 14.3. The third-order valence-corrected chi connectivity index (χ3v) is 9.38. The Labute approximate surface area is 222 Å². The number of fused-ring (bicyclic) bond motifs is 4. The van der Waals surface area contributed by atoms with Crippen molar-refractivity contribution in [2.24, 2.45) is 29.1 Å². The van der Waals surface area contributed by atoms with Crippen LogP contribution in [-0.4, -0.2) is 40.2 Å². The van der Waals surface area contributed by atoms with Crippen molar-refractivity contribution in [1.29, 1.82) is 0 Å². The summed E-state index contributed by atoms with van der Waals surface area (Å²) in [5.41, 5.74) is 1.94. The van der Waals surface area contributed by atoms with Crippen LogP contribution in [0.25, 0.3) is 0 Å². The lowest BCUT2D eigenvalue weighted by Gasteiger charge is -2.49. The smallest absolute Gasteiger partial charge is 0.241 e. The first-order valence-electron chi connectivity index (χ1n) is 13.5. The molecule has 6 rings (SSSR count). The number of allylic oxidation sites excluding steroid dienone is 2. The minimum Gasteiger partial charge on any atom is -0.508 e. The molecule has 2 aliphatic carbocycles. The number of likely N-dealkylation sites (tertiary alicyclic amines) is 1. The molecule has 0 radical (unpaired) electrons. The Morgan fingerprint density at radius 2 is 1.71 bits per heavy atom. The first kappa shape index (κ1) is 24.6. The quantitative estimate of drug-likeness (QED) is 0.486. The van der Waals surface area contributed by atoms with Crippen LogP contribution < -0.4 is 4.90 Å². The molecule has 3 fully saturated rings. The van der Waals surface area contributed by atoms with E-state index in [0.29, 0.717) is 37.1 Å². The lowest BCUT2D eigenvalue weighted by atomic mass is 9.51. The molecular formula is C31H32N2O5. The van der Waals surface area contributed by atoms with Crippen LogP contribution in [0.2, 0.25) is 0 Å². The van der Waals surface area contributed by atoms with Gasteiger partial charge < -0.3 is 5.11 Å². The molecule has 0 bridgehead atoms. The van der Waals surface area contributed by atoms with E-state index in [-0.39, 0.29) is 35.3 Å². The van der Waals surface area contributed by atoms with Gasteiger partial charge in [0.05, 0.1) is 28.9 Å². The number of aromatic hydroxyl groups is 1. The van der Waals surface area contributed by atoms with E-state index in [1.807, 2.05) is 39.0 Å². The van der Waals surface area contributed by atoms with E-state index in [1.165, 1.54) is 9.80 Å². The molecular weight excluding hydrogens is 480 g/mol. The number of hydrogen-bond donors (Lipinski definition) is 1. The molecule has 196 valence electrons. The number of phenolic OH excluding ortho intramolecular Hbond substituents is 1. The maximum atomic E-state index is 14.3. The molecule has 4 aliphatic rings. The van der Waals surface area contributed by atoms with Gasteiger partial charge in [0.15, 0.2) is 0 Å². The number of rotatable bonds is 4. The average molecular weight is 513 g/mol. The summed E-state index contributed by atoms with van der Waals surface area (Å²) in [6.07, 6.45) is 3.55. The zero-order valence-electron chi connectivity index (χ0n) is 21.9. The van der Waals surface area contributed by atoms with Gasteiger partial charge >= 0.3 is 0 Å². The molecule has 2 heterocycles. The Kier molecular flexibility index (Phi) is 5.60. The first-order chi connectivity index (χ1) is 18.2. The molecule has 2 aromatic carbocycles. The molecule has 2 saturated heterocycles. The third-order valence-electron chi connectivity index (χ3n) is 9.38. The number of amides is 4. The van der Waals surface area contributed by atoms with Gasteiger partial charge in [-0.2, -0.15) is 0 Å². The molecule has 6 atom stereocenters. The van der Waals surface area contributed by atoms with Gasteiger partial charge in [-0.05, 0) is 68.4 Å². The Bertz CT molecular complexity index is 1400. The maximum Gasteiger partial charge on any atom is 0.241 e. The lowest BCUT2D eigenvalue weighted by molar-refractivity contribution is -0.140. The number of phenols is 1. The van der Waals surface area contributed by atoms with E-state index in [2.05, 4.69) is 6.08 Å². The zero-order chi connectivity index (χ0) is 26.9. The van der Waals surface area contributed by atoms with Gasteiger partial charge in [0.1, 0.15) is 5.75 Å². The van der Waals surface area contributed by atoms with E-state index in [4.69, 9.17) is 0 Å². The summed E-state index contributed by atoms with van der Waals surface area (Å²) >= 11 is 0. The summed E-state index contributed by atoms with van der Waals surface area (Å²) in [4.78, 5) is 57.8. The largest absolute Gasteiger partial charge is 0.508 e. The van der Waals surface area contributed by atoms with Crippen molar-refractivity contribution in [2.45, 2.75) is 46.0 Å². The Balaban J connectivity index is 1.52. The second-order valence-corrected chi connectivity index (χ2v) is 11.4. The summed E-state index contributed by atoms with van der Waals surface area (Å²) in [6, 6.07) is 14.3. The predicted octanol–water partition coefficient (Wildman–Crippen LogP) is 4.34. The molecule has 0 spiro atoms. The number of benzene rings is 2. The zero-order valence-corrected chi connectivity index (χ0v) is 21.9. The van der Waals surface area contributed by atoms with Crippen molar-refractivity contribution in [2.75, 3.05) is 11.4 Å². The van der Waals surface area contributed by atoms with Crippen LogP contribution in [0, 0.1) is 36.0 Å². The Hall–Kier alpha value is -3.74. The first-order valence-corrected chi connectivity index (χ1v) is 13.5. The lowest BCUT2D eigenvalue weighted by Crippen LogP contribution is -2.48. The van der Waals surface area contributed by atoms with Gasteiger partial charge in [0.25, 0.3) is 0 Å². The fourth-order valence-corrected chi connectivity index (χ4v) is 7.59. The number of imide groups is 2. The van der Waals surface area contributed by atoms with Crippen molar-refractivity contribution >= 4 is 29.3 Å². The second kappa shape index (κ2) is 8.65. The van der Waals surface area contributed by atoms with E-state index in [1.54, 1.807) is 30.3 Å².